The van der Waals surface area contributed by atoms with E-state index in [1.54, 1.807) is 12.1 Å². The molecule has 0 saturated carbocycles. The summed E-state index contributed by atoms with van der Waals surface area (Å²) in [6.07, 6.45) is 0.951. The lowest BCUT2D eigenvalue weighted by molar-refractivity contribution is 0.0935. The van der Waals surface area contributed by atoms with E-state index in [0.29, 0.717) is 18.2 Å². The zero-order valence-electron chi connectivity index (χ0n) is 16.2. The molecule has 0 radical (unpaired) electrons. The number of hydrogen-bond donors (Lipinski definition) is 2. The number of carbonyl (C=O) groups is 1. The van der Waals surface area contributed by atoms with Crippen molar-refractivity contribution < 1.29 is 9.90 Å². The number of aromatic hydroxyl groups is 1. The van der Waals surface area contributed by atoms with Crippen molar-refractivity contribution >= 4 is 5.91 Å². The van der Waals surface area contributed by atoms with E-state index < -0.39 is 0 Å². The van der Waals surface area contributed by atoms with E-state index in [-0.39, 0.29) is 11.7 Å². The number of nitrogens with zero attached hydrogens (tertiary/aromatic N) is 2. The summed E-state index contributed by atoms with van der Waals surface area (Å²) in [5, 5.41) is 12.5. The number of nitrogens with one attached hydrogen (secondary N) is 1. The first-order valence-electron chi connectivity index (χ1n) is 9.63. The Morgan fingerprint density at radius 1 is 1.07 bits per heavy atom. The molecule has 5 heteroatoms. The van der Waals surface area contributed by atoms with Gasteiger partial charge in [-0.2, -0.15) is 0 Å². The highest BCUT2D eigenvalue weighted by molar-refractivity contribution is 5.95. The van der Waals surface area contributed by atoms with Gasteiger partial charge >= 0.3 is 0 Å². The van der Waals surface area contributed by atoms with E-state index in [0.717, 1.165) is 43.7 Å². The van der Waals surface area contributed by atoms with E-state index in [9.17, 15) is 9.90 Å². The number of amides is 1. The molecule has 1 atom stereocenters. The number of likely N-dealkylation sites (N-methyl/N-ethyl adjacent to an activating group) is 1. The van der Waals surface area contributed by atoms with Crippen LogP contribution in [0.15, 0.2) is 48.5 Å². The summed E-state index contributed by atoms with van der Waals surface area (Å²) in [5.41, 5.74) is 2.60. The maximum atomic E-state index is 12.5. The quantitative estimate of drug-likeness (QED) is 0.824. The highest BCUT2D eigenvalue weighted by atomic mass is 16.3. The van der Waals surface area contributed by atoms with Gasteiger partial charge in [-0.3, -0.25) is 9.69 Å². The van der Waals surface area contributed by atoms with Gasteiger partial charge in [-0.15, -0.1) is 0 Å². The van der Waals surface area contributed by atoms with Gasteiger partial charge in [0, 0.05) is 44.3 Å². The number of rotatable bonds is 6. The summed E-state index contributed by atoms with van der Waals surface area (Å²) >= 11 is 0. The van der Waals surface area contributed by atoms with Crippen LogP contribution in [0, 0.1) is 0 Å². The third-order valence-electron chi connectivity index (χ3n) is 5.33. The van der Waals surface area contributed by atoms with Gasteiger partial charge in [0.15, 0.2) is 0 Å². The molecule has 2 N–H and O–H groups in total. The smallest absolute Gasteiger partial charge is 0.251 e. The van der Waals surface area contributed by atoms with Crippen LogP contribution in [0.5, 0.6) is 5.75 Å². The molecule has 0 spiro atoms. The highest BCUT2D eigenvalue weighted by Gasteiger charge is 2.19. The van der Waals surface area contributed by atoms with Gasteiger partial charge in [-0.25, -0.2) is 0 Å². The number of phenols is 1. The Balaban J connectivity index is 1.52. The molecule has 5 nitrogen and oxygen atoms in total. The lowest BCUT2D eigenvalue weighted by Crippen LogP contribution is -2.48. The lowest BCUT2D eigenvalue weighted by Gasteiger charge is -2.36. The fraction of sp³-hybridized carbons (Fsp3) is 0.409. The van der Waals surface area contributed by atoms with Crippen molar-refractivity contribution in [1.82, 2.24) is 15.1 Å². The summed E-state index contributed by atoms with van der Waals surface area (Å²) in [6.45, 7) is 7.33. The molecular weight excluding hydrogens is 338 g/mol. The van der Waals surface area contributed by atoms with Gasteiger partial charge in [-0.1, -0.05) is 24.3 Å². The lowest BCUT2D eigenvalue weighted by atomic mass is 10.0. The molecule has 0 aromatic heterocycles. The molecule has 3 rings (SSSR count). The summed E-state index contributed by atoms with van der Waals surface area (Å²) in [6, 6.07) is 15.1. The van der Waals surface area contributed by atoms with Crippen LogP contribution in [-0.4, -0.2) is 66.6 Å². The van der Waals surface area contributed by atoms with Gasteiger partial charge in [0.25, 0.3) is 5.91 Å². The van der Waals surface area contributed by atoms with Crippen molar-refractivity contribution in [2.45, 2.75) is 19.4 Å². The first kappa shape index (κ1) is 19.4. The summed E-state index contributed by atoms with van der Waals surface area (Å²) in [5.74, 6) is 0.198. The van der Waals surface area contributed by atoms with Gasteiger partial charge < -0.3 is 15.3 Å². The van der Waals surface area contributed by atoms with Crippen molar-refractivity contribution in [2.75, 3.05) is 39.8 Å². The maximum absolute atomic E-state index is 12.5. The minimum absolute atomic E-state index is 0.0406. The largest absolute Gasteiger partial charge is 0.508 e. The third kappa shape index (κ3) is 5.31. The average molecular weight is 367 g/mol. The first-order chi connectivity index (χ1) is 13.0. The van der Waals surface area contributed by atoms with Crippen LogP contribution >= 0.6 is 0 Å². The molecule has 0 bridgehead atoms. The van der Waals surface area contributed by atoms with Crippen LogP contribution in [0.4, 0.5) is 0 Å². The maximum Gasteiger partial charge on any atom is 0.251 e. The van der Waals surface area contributed by atoms with Crippen molar-refractivity contribution in [3.63, 3.8) is 0 Å². The van der Waals surface area contributed by atoms with Crippen LogP contribution in [0.25, 0.3) is 11.1 Å². The second kappa shape index (κ2) is 9.02. The summed E-state index contributed by atoms with van der Waals surface area (Å²) in [7, 11) is 2.16. The number of phenolic OH excluding ortho intramolecular Hbond substituents is 1. The summed E-state index contributed by atoms with van der Waals surface area (Å²) in [4.78, 5) is 17.4. The highest BCUT2D eigenvalue weighted by Crippen LogP contribution is 2.22. The van der Waals surface area contributed by atoms with Crippen LogP contribution < -0.4 is 5.32 Å². The molecule has 1 aliphatic heterocycles. The number of carbonyl (C=O) groups excluding carboxylic acids is 1. The van der Waals surface area contributed by atoms with E-state index in [1.165, 1.54) is 0 Å². The number of benzene rings is 2. The second-order valence-corrected chi connectivity index (χ2v) is 7.36. The molecule has 144 valence electrons. The molecule has 1 heterocycles. The van der Waals surface area contributed by atoms with Crippen LogP contribution in [0.3, 0.4) is 0 Å². The standard InChI is InChI=1S/C22H29N3O2/c1-17(25-14-12-24(2)13-15-25)10-11-23-22(27)20-5-3-4-19(16-20)18-6-8-21(26)9-7-18/h3-9,16-17,26H,10-15H2,1-2H3,(H,23,27)/t17-/m1/s1. The van der Waals surface area contributed by atoms with Crippen molar-refractivity contribution in [3.8, 4) is 16.9 Å². The van der Waals surface area contributed by atoms with E-state index in [2.05, 4.69) is 29.1 Å². The topological polar surface area (TPSA) is 55.8 Å². The molecule has 2 aromatic rings. The normalized spacial score (nSPS) is 16.8. The fourth-order valence-corrected chi connectivity index (χ4v) is 3.44. The van der Waals surface area contributed by atoms with Crippen LogP contribution in [-0.2, 0) is 0 Å². The Hall–Kier alpha value is -2.37. The third-order valence-corrected chi connectivity index (χ3v) is 5.33. The molecular formula is C22H29N3O2. The van der Waals surface area contributed by atoms with Gasteiger partial charge in [-0.05, 0) is 55.8 Å². The Morgan fingerprint density at radius 3 is 2.48 bits per heavy atom. The first-order valence-corrected chi connectivity index (χ1v) is 9.63. The molecule has 1 aliphatic rings. The van der Waals surface area contributed by atoms with E-state index in [4.69, 9.17) is 0 Å². The Morgan fingerprint density at radius 2 is 1.78 bits per heavy atom. The predicted octanol–water partition coefficient (Wildman–Crippen LogP) is 2.82. The minimum atomic E-state index is -0.0406. The van der Waals surface area contributed by atoms with Gasteiger partial charge in [0.1, 0.15) is 5.75 Å². The van der Waals surface area contributed by atoms with Crippen LogP contribution in [0.1, 0.15) is 23.7 Å². The van der Waals surface area contributed by atoms with Gasteiger partial charge in [0.05, 0.1) is 0 Å². The molecule has 1 saturated heterocycles. The second-order valence-electron chi connectivity index (χ2n) is 7.36. The molecule has 2 aromatic carbocycles. The van der Waals surface area contributed by atoms with Crippen molar-refractivity contribution in [3.05, 3.63) is 54.1 Å². The molecule has 1 fully saturated rings. The Kier molecular flexibility index (Phi) is 6.48. The molecule has 0 unspecified atom stereocenters. The van der Waals surface area contributed by atoms with E-state index >= 15 is 0 Å². The Bertz CT molecular complexity index is 752. The van der Waals surface area contributed by atoms with Crippen LogP contribution in [0.2, 0.25) is 0 Å². The van der Waals surface area contributed by atoms with Crippen molar-refractivity contribution in [1.29, 1.82) is 0 Å². The fourth-order valence-electron chi connectivity index (χ4n) is 3.44. The number of piperazine rings is 1. The van der Waals surface area contributed by atoms with E-state index in [1.807, 2.05) is 36.4 Å². The number of hydrogen-bond acceptors (Lipinski definition) is 4. The molecule has 0 aliphatic carbocycles. The Labute approximate surface area is 161 Å². The SMILES string of the molecule is C[C@H](CCNC(=O)c1cccc(-c2ccc(O)cc2)c1)N1CCN(C)CC1. The zero-order valence-corrected chi connectivity index (χ0v) is 16.2. The molecule has 27 heavy (non-hydrogen) atoms. The predicted molar refractivity (Wildman–Crippen MR) is 109 cm³/mol. The minimum Gasteiger partial charge on any atom is -0.508 e. The van der Waals surface area contributed by atoms with Gasteiger partial charge in [0.2, 0.25) is 0 Å². The molecule has 1 amide bonds. The zero-order chi connectivity index (χ0) is 19.2. The monoisotopic (exact) mass is 367 g/mol. The van der Waals surface area contributed by atoms with Crippen molar-refractivity contribution in [2.24, 2.45) is 0 Å². The average Bonchev–Trinajstić information content (AvgIpc) is 2.69. The summed E-state index contributed by atoms with van der Waals surface area (Å²) < 4.78 is 0.